The molecule has 2 aromatic carbocycles. The van der Waals surface area contributed by atoms with E-state index in [1.54, 1.807) is 32.2 Å². The number of nitrogens with two attached hydrogens (primary N) is 3. The SMILES string of the molecule is CC(C)C(NC(=O)C(N)CCCN=C(N)N)C(=O)NC(Cc1c[nH]c2ccccc12)C(=O)NC(Cc1ccc(O)cc1)C(=O)O. The first-order chi connectivity index (χ1) is 21.3. The number of aliphatic imine (C=N–C) groups is 1. The third-order valence-corrected chi connectivity index (χ3v) is 7.27. The predicted molar refractivity (Wildman–Crippen MR) is 170 cm³/mol. The first-order valence-electron chi connectivity index (χ1n) is 14.6. The van der Waals surface area contributed by atoms with Crippen LogP contribution in [0, 0.1) is 5.92 Å². The summed E-state index contributed by atoms with van der Waals surface area (Å²) in [6.45, 7) is 3.77. The minimum Gasteiger partial charge on any atom is -0.508 e. The number of aliphatic carboxylic acids is 1. The number of phenols is 1. The van der Waals surface area contributed by atoms with Crippen molar-refractivity contribution in [2.24, 2.45) is 28.1 Å². The number of nitrogens with one attached hydrogen (secondary N) is 4. The first kappa shape index (κ1) is 34.4. The predicted octanol–water partition coefficient (Wildman–Crippen LogP) is 0.235. The lowest BCUT2D eigenvalue weighted by atomic mass is 9.99. The van der Waals surface area contributed by atoms with Gasteiger partial charge < -0.3 is 48.3 Å². The first-order valence-corrected chi connectivity index (χ1v) is 14.6. The molecule has 0 aliphatic carbocycles. The van der Waals surface area contributed by atoms with Gasteiger partial charge in [0.05, 0.1) is 6.04 Å². The number of aromatic nitrogens is 1. The monoisotopic (exact) mass is 622 g/mol. The number of H-pyrrole nitrogens is 1. The van der Waals surface area contributed by atoms with Crippen LogP contribution in [0.5, 0.6) is 5.75 Å². The summed E-state index contributed by atoms with van der Waals surface area (Å²) in [6, 6.07) is 8.94. The van der Waals surface area contributed by atoms with Crippen LogP contribution < -0.4 is 33.2 Å². The Kier molecular flexibility index (Phi) is 12.3. The van der Waals surface area contributed by atoms with E-state index in [1.807, 2.05) is 24.3 Å². The number of nitrogens with zero attached hydrogens (tertiary/aromatic N) is 1. The van der Waals surface area contributed by atoms with Crippen molar-refractivity contribution in [3.8, 4) is 5.75 Å². The van der Waals surface area contributed by atoms with Crippen LogP contribution in [0.25, 0.3) is 10.9 Å². The second kappa shape index (κ2) is 16.1. The number of amides is 3. The highest BCUT2D eigenvalue weighted by atomic mass is 16.4. The topological polar surface area (TPSA) is 251 Å². The zero-order valence-electron chi connectivity index (χ0n) is 25.3. The molecule has 0 aliphatic heterocycles. The molecule has 0 spiro atoms. The molecule has 14 heteroatoms. The summed E-state index contributed by atoms with van der Waals surface area (Å²) in [5.74, 6) is -3.58. The van der Waals surface area contributed by atoms with Crippen LogP contribution >= 0.6 is 0 Å². The van der Waals surface area contributed by atoms with E-state index in [9.17, 15) is 29.4 Å². The summed E-state index contributed by atoms with van der Waals surface area (Å²) in [5, 5.41) is 28.2. The number of benzene rings is 2. The number of rotatable bonds is 16. The van der Waals surface area contributed by atoms with Crippen molar-refractivity contribution < 1.29 is 29.4 Å². The number of guanidine groups is 1. The number of carboxylic acid groups (broad SMARTS) is 1. The van der Waals surface area contributed by atoms with E-state index < -0.39 is 47.9 Å². The molecule has 0 aliphatic rings. The number of carboxylic acids is 1. The molecule has 3 rings (SSSR count). The van der Waals surface area contributed by atoms with Gasteiger partial charge in [-0.3, -0.25) is 19.4 Å². The normalized spacial score (nSPS) is 13.8. The maximum Gasteiger partial charge on any atom is 0.326 e. The Morgan fingerprint density at radius 3 is 2.20 bits per heavy atom. The van der Waals surface area contributed by atoms with E-state index in [1.165, 1.54) is 12.1 Å². The summed E-state index contributed by atoms with van der Waals surface area (Å²) < 4.78 is 0. The number of para-hydroxylation sites is 1. The number of hydrogen-bond donors (Lipinski definition) is 9. The summed E-state index contributed by atoms with van der Waals surface area (Å²) in [5.41, 5.74) is 18.8. The fraction of sp³-hybridized carbons (Fsp3) is 0.387. The number of phenolic OH excluding ortho intramolecular Hbond substituents is 1. The van der Waals surface area contributed by atoms with Crippen molar-refractivity contribution in [2.45, 2.75) is 63.7 Å². The molecule has 4 unspecified atom stereocenters. The molecule has 1 aromatic heterocycles. The van der Waals surface area contributed by atoms with Crippen molar-refractivity contribution in [2.75, 3.05) is 6.54 Å². The number of carbonyl (C=O) groups excluding carboxylic acids is 3. The zero-order chi connectivity index (χ0) is 33.1. The molecule has 0 radical (unpaired) electrons. The Labute approximate surface area is 260 Å². The molecule has 242 valence electrons. The van der Waals surface area contributed by atoms with Gasteiger partial charge in [-0.05, 0) is 48.1 Å². The minimum absolute atomic E-state index is 0.0230. The summed E-state index contributed by atoms with van der Waals surface area (Å²) >= 11 is 0. The van der Waals surface area contributed by atoms with Gasteiger partial charge in [0.15, 0.2) is 5.96 Å². The fourth-order valence-corrected chi connectivity index (χ4v) is 4.78. The van der Waals surface area contributed by atoms with Crippen LogP contribution in [0.1, 0.15) is 37.8 Å². The summed E-state index contributed by atoms with van der Waals surface area (Å²) in [4.78, 5) is 59.2. The fourth-order valence-electron chi connectivity index (χ4n) is 4.78. The van der Waals surface area contributed by atoms with Crippen LogP contribution in [0.4, 0.5) is 0 Å². The Morgan fingerprint density at radius 1 is 0.889 bits per heavy atom. The smallest absolute Gasteiger partial charge is 0.326 e. The van der Waals surface area contributed by atoms with Gasteiger partial charge in [-0.25, -0.2) is 4.79 Å². The van der Waals surface area contributed by atoms with E-state index >= 15 is 0 Å². The second-order valence-corrected chi connectivity index (χ2v) is 11.2. The number of aromatic amines is 1. The number of aromatic hydroxyl groups is 1. The van der Waals surface area contributed by atoms with Crippen LogP contribution in [0.2, 0.25) is 0 Å². The Bertz CT molecular complexity index is 1500. The van der Waals surface area contributed by atoms with Gasteiger partial charge >= 0.3 is 5.97 Å². The summed E-state index contributed by atoms with van der Waals surface area (Å²) in [6.07, 6.45) is 2.44. The zero-order valence-corrected chi connectivity index (χ0v) is 25.3. The summed E-state index contributed by atoms with van der Waals surface area (Å²) in [7, 11) is 0. The second-order valence-electron chi connectivity index (χ2n) is 11.2. The van der Waals surface area contributed by atoms with Gasteiger partial charge in [0.1, 0.15) is 23.9 Å². The lowest BCUT2D eigenvalue weighted by Gasteiger charge is -2.27. The van der Waals surface area contributed by atoms with Crippen LogP contribution in [0.15, 0.2) is 59.7 Å². The average Bonchev–Trinajstić information content (AvgIpc) is 3.40. The van der Waals surface area contributed by atoms with Crippen molar-refractivity contribution >= 4 is 40.6 Å². The molecule has 1 heterocycles. The molecule has 0 fully saturated rings. The quantitative estimate of drug-likeness (QED) is 0.0601. The molecular formula is C31H42N8O6. The van der Waals surface area contributed by atoms with Crippen LogP contribution in [-0.4, -0.2) is 75.6 Å². The standard InChI is InChI=1S/C31H42N8O6/c1-17(2)26(39-27(41)22(32)7-5-13-35-31(33)34)29(43)37-24(15-19-16-36-23-8-4-3-6-21(19)23)28(42)38-25(30(44)45)14-18-9-11-20(40)12-10-18/h3-4,6,8-12,16-17,22,24-26,36,40H,5,7,13-15,32H2,1-2H3,(H,37,43)(H,38,42)(H,39,41)(H,44,45)(H4,33,34,35). The molecule has 3 amide bonds. The third kappa shape index (κ3) is 10.2. The highest BCUT2D eigenvalue weighted by Gasteiger charge is 2.32. The van der Waals surface area contributed by atoms with Gasteiger partial charge in [-0.1, -0.05) is 44.2 Å². The van der Waals surface area contributed by atoms with Gasteiger partial charge in [0.25, 0.3) is 0 Å². The van der Waals surface area contributed by atoms with Crippen molar-refractivity contribution in [3.63, 3.8) is 0 Å². The largest absolute Gasteiger partial charge is 0.508 e. The molecule has 0 saturated carbocycles. The Balaban J connectivity index is 1.80. The van der Waals surface area contributed by atoms with E-state index in [4.69, 9.17) is 17.2 Å². The molecule has 45 heavy (non-hydrogen) atoms. The van der Waals surface area contributed by atoms with Gasteiger partial charge in [0.2, 0.25) is 17.7 Å². The minimum atomic E-state index is -1.32. The lowest BCUT2D eigenvalue weighted by Crippen LogP contribution is -2.59. The third-order valence-electron chi connectivity index (χ3n) is 7.27. The van der Waals surface area contributed by atoms with Gasteiger partial charge in [-0.15, -0.1) is 0 Å². The molecule has 0 bridgehead atoms. The molecule has 12 N–H and O–H groups in total. The Morgan fingerprint density at radius 2 is 1.56 bits per heavy atom. The van der Waals surface area contributed by atoms with Crippen molar-refractivity contribution in [1.82, 2.24) is 20.9 Å². The molecule has 3 aromatic rings. The maximum atomic E-state index is 13.6. The van der Waals surface area contributed by atoms with Gasteiger partial charge in [-0.2, -0.15) is 0 Å². The van der Waals surface area contributed by atoms with Crippen molar-refractivity contribution in [1.29, 1.82) is 0 Å². The van der Waals surface area contributed by atoms with Gasteiger partial charge in [0, 0.05) is 36.5 Å². The highest BCUT2D eigenvalue weighted by Crippen LogP contribution is 2.20. The average molecular weight is 623 g/mol. The molecular weight excluding hydrogens is 580 g/mol. The molecule has 0 saturated heterocycles. The van der Waals surface area contributed by atoms with Crippen LogP contribution in [-0.2, 0) is 32.0 Å². The van der Waals surface area contributed by atoms with E-state index in [-0.39, 0.29) is 36.9 Å². The highest BCUT2D eigenvalue weighted by molar-refractivity contribution is 5.95. The maximum absolute atomic E-state index is 13.6. The van der Waals surface area contributed by atoms with E-state index in [2.05, 4.69) is 25.9 Å². The van der Waals surface area contributed by atoms with Crippen LogP contribution in [0.3, 0.4) is 0 Å². The number of carbonyl (C=O) groups is 4. The van der Waals surface area contributed by atoms with E-state index in [0.717, 1.165) is 16.5 Å². The molecule has 4 atom stereocenters. The van der Waals surface area contributed by atoms with E-state index in [0.29, 0.717) is 18.5 Å². The number of fused-ring (bicyclic) bond motifs is 1. The van der Waals surface area contributed by atoms with Crippen molar-refractivity contribution in [3.05, 3.63) is 65.9 Å². The molecule has 14 nitrogen and oxygen atoms in total. The lowest BCUT2D eigenvalue weighted by molar-refractivity contribution is -0.142. The Hall–Kier alpha value is -5.11. The number of hydrogen-bond acceptors (Lipinski definition) is 7.